The number of esters is 1. The molecule has 1 fully saturated rings. The number of azide groups is 3. The summed E-state index contributed by atoms with van der Waals surface area (Å²) in [5.74, 6) is -0.604. The van der Waals surface area contributed by atoms with Gasteiger partial charge in [0.25, 0.3) is 0 Å². The molecule has 23 heavy (non-hydrogen) atoms. The van der Waals surface area contributed by atoms with E-state index in [9.17, 15) is 9.59 Å². The first-order valence-corrected chi connectivity index (χ1v) is 6.25. The van der Waals surface area contributed by atoms with Crippen molar-refractivity contribution in [2.75, 3.05) is 26.2 Å². The van der Waals surface area contributed by atoms with Crippen LogP contribution in [0.15, 0.2) is 15.3 Å². The summed E-state index contributed by atoms with van der Waals surface area (Å²) in [6.07, 6.45) is -0.743. The van der Waals surface area contributed by atoms with Gasteiger partial charge >= 0.3 is 12.1 Å². The van der Waals surface area contributed by atoms with Gasteiger partial charge < -0.3 is 14.8 Å². The Labute approximate surface area is 128 Å². The molecular formula is C9H12N10O4. The van der Waals surface area contributed by atoms with Gasteiger partial charge in [-0.2, -0.15) is 0 Å². The zero-order chi connectivity index (χ0) is 17.1. The lowest BCUT2D eigenvalue weighted by Gasteiger charge is -2.29. The molecular weight excluding hydrogens is 312 g/mol. The normalized spacial score (nSPS) is 18.3. The summed E-state index contributed by atoms with van der Waals surface area (Å²) in [4.78, 5) is 30.8. The third kappa shape index (κ3) is 5.52. The van der Waals surface area contributed by atoms with Crippen molar-refractivity contribution in [2.45, 2.75) is 18.1 Å². The molecule has 0 aromatic rings. The van der Waals surface area contributed by atoms with Crippen LogP contribution in [0.4, 0.5) is 4.79 Å². The van der Waals surface area contributed by atoms with Crippen molar-refractivity contribution in [3.05, 3.63) is 31.3 Å². The number of alkyl carbamates (subject to hydrolysis) is 1. The molecule has 1 N–H and O–H groups in total. The summed E-state index contributed by atoms with van der Waals surface area (Å²) in [6, 6.07) is -0.862. The number of hydrogen-bond acceptors (Lipinski definition) is 7. The number of nitrogens with zero attached hydrogens (tertiary/aromatic N) is 9. The van der Waals surface area contributed by atoms with Gasteiger partial charge in [-0.1, -0.05) is 15.3 Å². The van der Waals surface area contributed by atoms with Crippen LogP contribution in [0.2, 0.25) is 0 Å². The van der Waals surface area contributed by atoms with Crippen molar-refractivity contribution in [3.63, 3.8) is 0 Å². The Kier molecular flexibility index (Phi) is 6.82. The predicted molar refractivity (Wildman–Crippen MR) is 73.8 cm³/mol. The maximum atomic E-state index is 11.9. The number of cyclic esters (lactones) is 1. The van der Waals surface area contributed by atoms with Gasteiger partial charge in [0.15, 0.2) is 0 Å². The van der Waals surface area contributed by atoms with E-state index in [0.29, 0.717) is 0 Å². The zero-order valence-corrected chi connectivity index (χ0v) is 11.8. The van der Waals surface area contributed by atoms with Crippen LogP contribution < -0.4 is 5.32 Å². The van der Waals surface area contributed by atoms with Crippen molar-refractivity contribution < 1.29 is 19.1 Å². The molecule has 0 bridgehead atoms. The standard InChI is InChI=1S/C9H12N10O4/c10-17-13-3-9(4-14-18-11,5-15-19-12)23-8(21)16-6-1-2-22-7(6)20/h6H,1-5H2,(H,16,21). The molecule has 0 saturated carbocycles. The summed E-state index contributed by atoms with van der Waals surface area (Å²) in [6.45, 7) is -1.11. The summed E-state index contributed by atoms with van der Waals surface area (Å²) >= 11 is 0. The fourth-order valence-corrected chi connectivity index (χ4v) is 1.72. The van der Waals surface area contributed by atoms with Gasteiger partial charge in [0, 0.05) is 21.2 Å². The van der Waals surface area contributed by atoms with Crippen molar-refractivity contribution in [2.24, 2.45) is 15.3 Å². The molecule has 1 aliphatic rings. The first-order valence-electron chi connectivity index (χ1n) is 6.25. The van der Waals surface area contributed by atoms with Gasteiger partial charge in [0.1, 0.15) is 11.6 Å². The first-order chi connectivity index (χ1) is 11.1. The topological polar surface area (TPSA) is 211 Å². The van der Waals surface area contributed by atoms with E-state index in [-0.39, 0.29) is 13.0 Å². The van der Waals surface area contributed by atoms with E-state index in [0.717, 1.165) is 0 Å². The molecule has 1 atom stereocenters. The Morgan fingerprint density at radius 3 is 2.13 bits per heavy atom. The molecule has 1 saturated heterocycles. The lowest BCUT2D eigenvalue weighted by molar-refractivity contribution is -0.139. The molecule has 0 spiro atoms. The van der Waals surface area contributed by atoms with Crippen LogP contribution in [0.3, 0.4) is 0 Å². The first kappa shape index (κ1) is 17.7. The van der Waals surface area contributed by atoms with Crippen molar-refractivity contribution in [1.82, 2.24) is 5.32 Å². The van der Waals surface area contributed by atoms with Crippen LogP contribution in [0.5, 0.6) is 0 Å². The number of nitrogens with one attached hydrogen (secondary N) is 1. The van der Waals surface area contributed by atoms with E-state index in [2.05, 4.69) is 40.1 Å². The van der Waals surface area contributed by atoms with Gasteiger partial charge in [-0.15, -0.1) is 0 Å². The Balaban J connectivity index is 2.88. The van der Waals surface area contributed by atoms with Crippen molar-refractivity contribution >= 4 is 12.1 Å². The fraction of sp³-hybridized carbons (Fsp3) is 0.778. The zero-order valence-electron chi connectivity index (χ0n) is 11.8. The van der Waals surface area contributed by atoms with Crippen molar-refractivity contribution in [3.8, 4) is 0 Å². The summed E-state index contributed by atoms with van der Waals surface area (Å²) in [7, 11) is 0. The largest absolute Gasteiger partial charge is 0.464 e. The second-order valence-corrected chi connectivity index (χ2v) is 4.39. The molecule has 14 nitrogen and oxygen atoms in total. The Hall–Kier alpha value is -3.33. The fourth-order valence-electron chi connectivity index (χ4n) is 1.72. The number of carbonyl (C=O) groups excluding carboxylic acids is 2. The highest BCUT2D eigenvalue weighted by atomic mass is 16.6. The number of hydrogen-bond donors (Lipinski definition) is 1. The van der Waals surface area contributed by atoms with Crippen LogP contribution >= 0.6 is 0 Å². The monoisotopic (exact) mass is 324 g/mol. The summed E-state index contributed by atoms with van der Waals surface area (Å²) in [5.41, 5.74) is 23.6. The van der Waals surface area contributed by atoms with Gasteiger partial charge in [0.2, 0.25) is 0 Å². The Bertz CT molecular complexity index is 551. The Morgan fingerprint density at radius 2 is 1.74 bits per heavy atom. The van der Waals surface area contributed by atoms with E-state index in [4.69, 9.17) is 21.3 Å². The van der Waals surface area contributed by atoms with Crippen molar-refractivity contribution in [1.29, 1.82) is 0 Å². The average molecular weight is 324 g/mol. The summed E-state index contributed by atoms with van der Waals surface area (Å²) in [5, 5.41) is 12.1. The van der Waals surface area contributed by atoms with E-state index >= 15 is 0 Å². The molecule has 0 radical (unpaired) electrons. The second kappa shape index (κ2) is 8.85. The molecule has 1 heterocycles. The molecule has 0 aliphatic carbocycles. The predicted octanol–water partition coefficient (Wildman–Crippen LogP) is 1.70. The van der Waals surface area contributed by atoms with Gasteiger partial charge in [-0.25, -0.2) is 9.59 Å². The van der Waals surface area contributed by atoms with E-state index in [1.165, 1.54) is 0 Å². The quantitative estimate of drug-likeness (QED) is 0.305. The lowest BCUT2D eigenvalue weighted by atomic mass is 10.1. The SMILES string of the molecule is [N-]=[N+]=NCC(CN=[N+]=[N-])(CN=[N+]=[N-])OC(=O)NC1CCOC1=O. The average Bonchev–Trinajstić information content (AvgIpc) is 2.93. The molecule has 1 rings (SSSR count). The highest BCUT2D eigenvalue weighted by Crippen LogP contribution is 2.16. The smallest absolute Gasteiger partial charge is 0.408 e. The maximum Gasteiger partial charge on any atom is 0.408 e. The molecule has 1 amide bonds. The van der Waals surface area contributed by atoms with Gasteiger partial charge in [-0.3, -0.25) is 0 Å². The highest BCUT2D eigenvalue weighted by molar-refractivity contribution is 5.82. The lowest BCUT2D eigenvalue weighted by Crippen LogP contribution is -2.49. The number of rotatable bonds is 8. The van der Waals surface area contributed by atoms with Crippen LogP contribution in [-0.4, -0.2) is 49.9 Å². The van der Waals surface area contributed by atoms with E-state index in [1.54, 1.807) is 0 Å². The second-order valence-electron chi connectivity index (χ2n) is 4.39. The van der Waals surface area contributed by atoms with Crippen LogP contribution in [0.25, 0.3) is 31.3 Å². The summed E-state index contributed by atoms with van der Waals surface area (Å²) < 4.78 is 9.78. The third-order valence-electron chi connectivity index (χ3n) is 2.80. The van der Waals surface area contributed by atoms with E-state index in [1.807, 2.05) is 0 Å². The molecule has 122 valence electrons. The molecule has 0 aromatic carbocycles. The minimum atomic E-state index is -1.66. The molecule has 1 unspecified atom stereocenters. The molecule has 1 aliphatic heterocycles. The maximum absolute atomic E-state index is 11.9. The molecule has 0 aromatic heterocycles. The van der Waals surface area contributed by atoms with E-state index < -0.39 is 43.3 Å². The van der Waals surface area contributed by atoms with Gasteiger partial charge in [-0.05, 0) is 16.6 Å². The number of amides is 1. The van der Waals surface area contributed by atoms with Crippen LogP contribution in [0.1, 0.15) is 6.42 Å². The minimum absolute atomic E-state index is 0.172. The van der Waals surface area contributed by atoms with Crippen LogP contribution in [0, 0.1) is 0 Å². The number of carbonyl (C=O) groups is 2. The van der Waals surface area contributed by atoms with Crippen LogP contribution in [-0.2, 0) is 14.3 Å². The van der Waals surface area contributed by atoms with Gasteiger partial charge in [0.05, 0.1) is 26.2 Å². The number of ether oxygens (including phenoxy) is 2. The Morgan fingerprint density at radius 1 is 1.22 bits per heavy atom. The minimum Gasteiger partial charge on any atom is -0.464 e. The third-order valence-corrected chi connectivity index (χ3v) is 2.80. The highest BCUT2D eigenvalue weighted by Gasteiger charge is 2.35. The molecule has 14 heteroatoms.